The third kappa shape index (κ3) is 7.78. The summed E-state index contributed by atoms with van der Waals surface area (Å²) < 4.78 is 0. The van der Waals surface area contributed by atoms with E-state index in [2.05, 4.69) is 10.6 Å². The lowest BCUT2D eigenvalue weighted by atomic mass is 10.3. The van der Waals surface area contributed by atoms with Crippen molar-refractivity contribution in [3.8, 4) is 0 Å². The van der Waals surface area contributed by atoms with Gasteiger partial charge in [-0.1, -0.05) is 6.92 Å². The molecular weight excluding hydrogens is 140 g/mol. The minimum atomic E-state index is -0.176. The van der Waals surface area contributed by atoms with Crippen LogP contribution in [0.15, 0.2) is 0 Å². The Bertz CT molecular complexity index is 78.5. The number of hydrogen-bond acceptors (Lipinski definition) is 3. The van der Waals surface area contributed by atoms with E-state index in [0.29, 0.717) is 0 Å². The molecule has 0 aromatic rings. The predicted octanol–water partition coefficient (Wildman–Crippen LogP) is -0.0436. The van der Waals surface area contributed by atoms with Gasteiger partial charge in [0.1, 0.15) is 0 Å². The maximum atomic E-state index is 9.14. The van der Waals surface area contributed by atoms with E-state index in [9.17, 15) is 0 Å². The molecule has 0 bridgehead atoms. The molecule has 0 aromatic heterocycles. The highest BCUT2D eigenvalue weighted by Crippen LogP contribution is 1.85. The van der Waals surface area contributed by atoms with Crippen LogP contribution in [0.3, 0.4) is 0 Å². The Balaban J connectivity index is 2.89. The van der Waals surface area contributed by atoms with Crippen molar-refractivity contribution in [2.24, 2.45) is 0 Å². The molecule has 0 saturated heterocycles. The monoisotopic (exact) mass is 160 g/mol. The van der Waals surface area contributed by atoms with Gasteiger partial charge in [0.2, 0.25) is 0 Å². The normalized spacial score (nSPS) is 13.4. The zero-order chi connectivity index (χ0) is 8.53. The summed E-state index contributed by atoms with van der Waals surface area (Å²) in [5, 5.41) is 15.4. The summed E-state index contributed by atoms with van der Waals surface area (Å²) >= 11 is 0. The van der Waals surface area contributed by atoms with Crippen LogP contribution < -0.4 is 10.6 Å². The van der Waals surface area contributed by atoms with Crippen molar-refractivity contribution in [1.82, 2.24) is 10.6 Å². The number of aliphatic hydroxyl groups excluding tert-OH is 1. The quantitative estimate of drug-likeness (QED) is 0.458. The van der Waals surface area contributed by atoms with Crippen molar-refractivity contribution in [2.45, 2.75) is 25.9 Å². The van der Waals surface area contributed by atoms with Crippen LogP contribution in [0.25, 0.3) is 0 Å². The summed E-state index contributed by atoms with van der Waals surface area (Å²) in [7, 11) is 1.95. The van der Waals surface area contributed by atoms with Crippen LogP contribution in [-0.4, -0.2) is 37.9 Å². The van der Waals surface area contributed by atoms with E-state index in [1.54, 1.807) is 0 Å². The van der Waals surface area contributed by atoms with Crippen molar-refractivity contribution in [3.63, 3.8) is 0 Å². The Hall–Kier alpha value is -0.120. The lowest BCUT2D eigenvalue weighted by Crippen LogP contribution is -2.28. The number of aliphatic hydroxyl groups is 1. The van der Waals surface area contributed by atoms with E-state index >= 15 is 0 Å². The standard InChI is InChI=1S/C8H20N2O/c1-3-8(11)7-10-6-4-5-9-2/h8-11H,3-7H2,1-2H3. The highest BCUT2D eigenvalue weighted by Gasteiger charge is 1.97. The fourth-order valence-electron chi connectivity index (χ4n) is 0.803. The summed E-state index contributed by atoms with van der Waals surface area (Å²) in [6.45, 7) is 4.73. The first-order valence-electron chi connectivity index (χ1n) is 4.34. The summed E-state index contributed by atoms with van der Waals surface area (Å²) in [5.41, 5.74) is 0. The average molecular weight is 160 g/mol. The Morgan fingerprint density at radius 1 is 1.36 bits per heavy atom. The topological polar surface area (TPSA) is 44.3 Å². The Labute approximate surface area is 69.2 Å². The molecule has 3 heteroatoms. The maximum absolute atomic E-state index is 9.14. The summed E-state index contributed by atoms with van der Waals surface area (Å²) in [6, 6.07) is 0. The molecule has 0 amide bonds. The minimum absolute atomic E-state index is 0.176. The largest absolute Gasteiger partial charge is 0.392 e. The Kier molecular flexibility index (Phi) is 7.89. The lowest BCUT2D eigenvalue weighted by Gasteiger charge is -2.08. The molecule has 0 heterocycles. The first-order chi connectivity index (χ1) is 5.31. The SMILES string of the molecule is CCC(O)CNCCCNC. The molecule has 0 rings (SSSR count). The zero-order valence-electron chi connectivity index (χ0n) is 7.56. The van der Waals surface area contributed by atoms with Gasteiger partial charge in [-0.05, 0) is 33.0 Å². The van der Waals surface area contributed by atoms with Crippen molar-refractivity contribution < 1.29 is 5.11 Å². The van der Waals surface area contributed by atoms with Gasteiger partial charge in [0.25, 0.3) is 0 Å². The number of nitrogens with one attached hydrogen (secondary N) is 2. The molecular formula is C8H20N2O. The van der Waals surface area contributed by atoms with Crippen LogP contribution in [0.4, 0.5) is 0 Å². The zero-order valence-corrected chi connectivity index (χ0v) is 7.56. The molecule has 68 valence electrons. The molecule has 0 fully saturated rings. The first-order valence-corrected chi connectivity index (χ1v) is 4.34. The van der Waals surface area contributed by atoms with Gasteiger partial charge in [0, 0.05) is 6.54 Å². The fraction of sp³-hybridized carbons (Fsp3) is 1.00. The molecule has 0 aliphatic carbocycles. The molecule has 0 aromatic carbocycles. The lowest BCUT2D eigenvalue weighted by molar-refractivity contribution is 0.167. The van der Waals surface area contributed by atoms with Gasteiger partial charge in [-0.2, -0.15) is 0 Å². The van der Waals surface area contributed by atoms with Crippen LogP contribution in [0.2, 0.25) is 0 Å². The van der Waals surface area contributed by atoms with Crippen molar-refractivity contribution >= 4 is 0 Å². The molecule has 0 radical (unpaired) electrons. The van der Waals surface area contributed by atoms with Crippen molar-refractivity contribution in [1.29, 1.82) is 0 Å². The van der Waals surface area contributed by atoms with Crippen LogP contribution in [-0.2, 0) is 0 Å². The molecule has 0 spiro atoms. The second-order valence-electron chi connectivity index (χ2n) is 2.72. The second kappa shape index (κ2) is 7.98. The smallest absolute Gasteiger partial charge is 0.0662 e. The molecule has 0 aliphatic heterocycles. The minimum Gasteiger partial charge on any atom is -0.392 e. The van der Waals surface area contributed by atoms with Crippen LogP contribution in [0.5, 0.6) is 0 Å². The van der Waals surface area contributed by atoms with Gasteiger partial charge in [-0.25, -0.2) is 0 Å². The van der Waals surface area contributed by atoms with E-state index < -0.39 is 0 Å². The van der Waals surface area contributed by atoms with E-state index in [0.717, 1.165) is 32.5 Å². The van der Waals surface area contributed by atoms with E-state index in [1.165, 1.54) is 0 Å². The third-order valence-corrected chi connectivity index (χ3v) is 1.63. The molecule has 11 heavy (non-hydrogen) atoms. The number of hydrogen-bond donors (Lipinski definition) is 3. The Morgan fingerprint density at radius 3 is 2.64 bits per heavy atom. The third-order valence-electron chi connectivity index (χ3n) is 1.63. The van der Waals surface area contributed by atoms with Gasteiger partial charge in [-0.3, -0.25) is 0 Å². The molecule has 0 saturated carbocycles. The van der Waals surface area contributed by atoms with Gasteiger partial charge in [0.05, 0.1) is 6.10 Å². The maximum Gasteiger partial charge on any atom is 0.0662 e. The van der Waals surface area contributed by atoms with Crippen molar-refractivity contribution in [2.75, 3.05) is 26.7 Å². The van der Waals surface area contributed by atoms with Crippen LogP contribution >= 0.6 is 0 Å². The fourth-order valence-corrected chi connectivity index (χ4v) is 0.803. The van der Waals surface area contributed by atoms with E-state index in [-0.39, 0.29) is 6.10 Å². The first kappa shape index (κ1) is 10.9. The van der Waals surface area contributed by atoms with Crippen LogP contribution in [0, 0.1) is 0 Å². The van der Waals surface area contributed by atoms with Crippen molar-refractivity contribution in [3.05, 3.63) is 0 Å². The average Bonchev–Trinajstić information content (AvgIpc) is 2.04. The van der Waals surface area contributed by atoms with E-state index in [1.807, 2.05) is 14.0 Å². The summed E-state index contributed by atoms with van der Waals surface area (Å²) in [6.07, 6.45) is 1.77. The Morgan fingerprint density at radius 2 is 2.09 bits per heavy atom. The second-order valence-corrected chi connectivity index (χ2v) is 2.72. The molecule has 3 nitrogen and oxygen atoms in total. The summed E-state index contributed by atoms with van der Waals surface area (Å²) in [4.78, 5) is 0. The van der Waals surface area contributed by atoms with Gasteiger partial charge >= 0.3 is 0 Å². The molecule has 0 aliphatic rings. The predicted molar refractivity (Wildman–Crippen MR) is 47.7 cm³/mol. The van der Waals surface area contributed by atoms with Gasteiger partial charge in [0.15, 0.2) is 0 Å². The molecule has 1 atom stereocenters. The van der Waals surface area contributed by atoms with E-state index in [4.69, 9.17) is 5.11 Å². The van der Waals surface area contributed by atoms with Crippen LogP contribution in [0.1, 0.15) is 19.8 Å². The summed E-state index contributed by atoms with van der Waals surface area (Å²) in [5.74, 6) is 0. The number of rotatable bonds is 7. The molecule has 1 unspecified atom stereocenters. The highest BCUT2D eigenvalue weighted by atomic mass is 16.3. The molecule has 3 N–H and O–H groups in total. The van der Waals surface area contributed by atoms with Gasteiger partial charge < -0.3 is 15.7 Å². The van der Waals surface area contributed by atoms with Gasteiger partial charge in [-0.15, -0.1) is 0 Å². The highest BCUT2D eigenvalue weighted by molar-refractivity contribution is 4.56.